The zero-order chi connectivity index (χ0) is 16.4. The van der Waals surface area contributed by atoms with Gasteiger partial charge in [-0.3, -0.25) is 0 Å². The normalized spacial score (nSPS) is 15.1. The second-order valence-corrected chi connectivity index (χ2v) is 5.43. The van der Waals surface area contributed by atoms with Crippen molar-refractivity contribution in [2.24, 2.45) is 0 Å². The molecule has 0 aliphatic heterocycles. The molecule has 0 rings (SSSR count). The SMILES string of the molecule is [2H]C([2H])([2H])N(NC(=O)OC(C)(C)C)C(=O)OC(C)(C)C. The molecule has 0 aromatic heterocycles. The fraction of sp³-hybridized carbons (Fsp3) is 0.818. The molecule has 0 aromatic rings. The van der Waals surface area contributed by atoms with E-state index in [1.54, 1.807) is 41.5 Å². The quantitative estimate of drug-likeness (QED) is 0.669. The fourth-order valence-electron chi connectivity index (χ4n) is 0.745. The summed E-state index contributed by atoms with van der Waals surface area (Å²) in [4.78, 5) is 23.3. The highest BCUT2D eigenvalue weighted by molar-refractivity contribution is 5.74. The van der Waals surface area contributed by atoms with Gasteiger partial charge in [0.1, 0.15) is 11.2 Å². The molecule has 0 fully saturated rings. The Balaban J connectivity index is 4.93. The highest BCUT2D eigenvalue weighted by Crippen LogP contribution is 2.09. The Morgan fingerprint density at radius 2 is 1.53 bits per heavy atom. The van der Waals surface area contributed by atoms with E-state index in [0.29, 0.717) is 0 Å². The lowest BCUT2D eigenvalue weighted by atomic mass is 10.2. The summed E-state index contributed by atoms with van der Waals surface area (Å²) in [5.41, 5.74) is 0.157. The predicted octanol–water partition coefficient (Wildman–Crippen LogP) is 2.29. The Morgan fingerprint density at radius 1 is 1.06 bits per heavy atom. The van der Waals surface area contributed by atoms with Crippen molar-refractivity contribution >= 4 is 12.2 Å². The minimum atomic E-state index is -2.89. The first-order chi connectivity index (χ1) is 8.62. The third-order valence-electron chi connectivity index (χ3n) is 1.18. The lowest BCUT2D eigenvalue weighted by molar-refractivity contribution is 0.00751. The van der Waals surface area contributed by atoms with Crippen molar-refractivity contribution in [3.8, 4) is 0 Å². The van der Waals surface area contributed by atoms with Crippen LogP contribution in [0.15, 0.2) is 0 Å². The fourth-order valence-corrected chi connectivity index (χ4v) is 0.745. The van der Waals surface area contributed by atoms with E-state index in [0.717, 1.165) is 0 Å². The van der Waals surface area contributed by atoms with Crippen LogP contribution in [-0.2, 0) is 9.47 Å². The number of ether oxygens (including phenoxy) is 2. The zero-order valence-corrected chi connectivity index (χ0v) is 11.1. The van der Waals surface area contributed by atoms with Crippen molar-refractivity contribution in [1.29, 1.82) is 0 Å². The molecule has 17 heavy (non-hydrogen) atoms. The number of carbonyl (C=O) groups excluding carboxylic acids is 2. The van der Waals surface area contributed by atoms with E-state index in [1.807, 2.05) is 5.43 Å². The van der Waals surface area contributed by atoms with Gasteiger partial charge in [-0.05, 0) is 41.5 Å². The van der Waals surface area contributed by atoms with Crippen molar-refractivity contribution in [2.45, 2.75) is 52.7 Å². The second-order valence-electron chi connectivity index (χ2n) is 5.43. The molecule has 0 bridgehead atoms. The summed E-state index contributed by atoms with van der Waals surface area (Å²) in [6, 6.07) is 0. The van der Waals surface area contributed by atoms with Gasteiger partial charge in [0.2, 0.25) is 0 Å². The molecule has 0 heterocycles. The van der Waals surface area contributed by atoms with Gasteiger partial charge < -0.3 is 9.47 Å². The molecule has 0 saturated heterocycles. The van der Waals surface area contributed by atoms with Crippen molar-refractivity contribution in [3.63, 3.8) is 0 Å². The van der Waals surface area contributed by atoms with Gasteiger partial charge in [-0.15, -0.1) is 0 Å². The van der Waals surface area contributed by atoms with Crippen LogP contribution < -0.4 is 5.43 Å². The minimum absolute atomic E-state index is 0.131. The third-order valence-corrected chi connectivity index (χ3v) is 1.18. The van der Waals surface area contributed by atoms with E-state index < -0.39 is 30.4 Å². The number of nitrogens with one attached hydrogen (secondary N) is 1. The molecule has 0 saturated carbocycles. The van der Waals surface area contributed by atoms with E-state index in [1.165, 1.54) is 0 Å². The number of hydrogen-bond donors (Lipinski definition) is 1. The van der Waals surface area contributed by atoms with Crippen LogP contribution in [0.3, 0.4) is 0 Å². The molecule has 0 radical (unpaired) electrons. The number of nitrogens with zero attached hydrogens (tertiary/aromatic N) is 1. The number of amides is 2. The molecule has 2 amide bonds. The average Bonchev–Trinajstić information content (AvgIpc) is 2.05. The van der Waals surface area contributed by atoms with Crippen molar-refractivity contribution < 1.29 is 23.2 Å². The van der Waals surface area contributed by atoms with Crippen molar-refractivity contribution in [2.75, 3.05) is 6.98 Å². The molecule has 0 spiro atoms. The maximum atomic E-state index is 11.8. The van der Waals surface area contributed by atoms with Crippen LogP contribution >= 0.6 is 0 Å². The third kappa shape index (κ3) is 8.36. The van der Waals surface area contributed by atoms with Gasteiger partial charge in [0.15, 0.2) is 0 Å². The highest BCUT2D eigenvalue weighted by atomic mass is 16.6. The summed E-state index contributed by atoms with van der Waals surface area (Å²) in [6.45, 7) is 6.68. The number of rotatable bonds is 0. The van der Waals surface area contributed by atoms with Crippen LogP contribution in [0.4, 0.5) is 9.59 Å². The van der Waals surface area contributed by atoms with Crippen LogP contribution in [0.1, 0.15) is 45.7 Å². The Hall–Kier alpha value is -1.46. The first-order valence-corrected chi connectivity index (χ1v) is 5.15. The molecule has 6 heteroatoms. The van der Waals surface area contributed by atoms with Gasteiger partial charge in [0.05, 0.1) is 0 Å². The van der Waals surface area contributed by atoms with Gasteiger partial charge in [0, 0.05) is 11.1 Å². The lowest BCUT2D eigenvalue weighted by Gasteiger charge is -2.26. The first kappa shape index (κ1) is 10.7. The molecular weight excluding hydrogens is 224 g/mol. The van der Waals surface area contributed by atoms with Gasteiger partial charge in [0.25, 0.3) is 0 Å². The van der Waals surface area contributed by atoms with Gasteiger partial charge >= 0.3 is 12.2 Å². The van der Waals surface area contributed by atoms with Crippen LogP contribution in [0.25, 0.3) is 0 Å². The Labute approximate surface area is 106 Å². The summed E-state index contributed by atoms with van der Waals surface area (Å²) in [6.07, 6.45) is -2.25. The minimum Gasteiger partial charge on any atom is -0.443 e. The van der Waals surface area contributed by atoms with Crippen LogP contribution in [0.2, 0.25) is 0 Å². The monoisotopic (exact) mass is 249 g/mol. The summed E-state index contributed by atoms with van der Waals surface area (Å²) in [7, 11) is 0. The Kier molecular flexibility index (Phi) is 3.30. The topological polar surface area (TPSA) is 67.9 Å². The van der Waals surface area contributed by atoms with Crippen LogP contribution in [0, 0.1) is 0 Å². The zero-order valence-electron chi connectivity index (χ0n) is 14.1. The number of hydrogen-bond acceptors (Lipinski definition) is 4. The molecule has 0 unspecified atom stereocenters. The summed E-state index contributed by atoms with van der Waals surface area (Å²) >= 11 is 0. The molecular formula is C11H22N2O4. The van der Waals surface area contributed by atoms with Gasteiger partial charge in [-0.1, -0.05) is 0 Å². The summed E-state index contributed by atoms with van der Waals surface area (Å²) < 4.78 is 31.5. The van der Waals surface area contributed by atoms with Crippen molar-refractivity contribution in [1.82, 2.24) is 10.4 Å². The van der Waals surface area contributed by atoms with E-state index in [-0.39, 0.29) is 5.01 Å². The molecule has 0 aliphatic rings. The summed E-state index contributed by atoms with van der Waals surface area (Å²) in [5.74, 6) is 0. The largest absolute Gasteiger partial charge is 0.443 e. The first-order valence-electron chi connectivity index (χ1n) is 6.65. The number of hydrazine groups is 1. The van der Waals surface area contributed by atoms with E-state index in [9.17, 15) is 9.59 Å². The summed E-state index contributed by atoms with van der Waals surface area (Å²) in [5, 5.41) is 0.131. The predicted molar refractivity (Wildman–Crippen MR) is 63.4 cm³/mol. The Morgan fingerprint density at radius 3 is 1.88 bits per heavy atom. The molecule has 100 valence electrons. The van der Waals surface area contributed by atoms with Crippen LogP contribution in [0.5, 0.6) is 0 Å². The average molecular weight is 249 g/mol. The molecule has 0 atom stereocenters. The van der Waals surface area contributed by atoms with E-state index in [4.69, 9.17) is 13.6 Å². The van der Waals surface area contributed by atoms with Gasteiger partial charge in [-0.25, -0.2) is 20.0 Å². The smallest absolute Gasteiger partial charge is 0.429 e. The van der Waals surface area contributed by atoms with Crippen LogP contribution in [-0.4, -0.2) is 35.4 Å². The molecule has 0 aliphatic carbocycles. The highest BCUT2D eigenvalue weighted by Gasteiger charge is 2.23. The number of carbonyl (C=O) groups is 2. The molecule has 0 aromatic carbocycles. The maximum absolute atomic E-state index is 11.8. The standard InChI is InChI=1S/C11H22N2O4/c1-10(2,3)16-8(14)12-13(7)9(15)17-11(4,5)6/h1-7H3,(H,12,14)/i7D3. The second kappa shape index (κ2) is 5.25. The molecule has 1 N–H and O–H groups in total. The van der Waals surface area contributed by atoms with Gasteiger partial charge in [-0.2, -0.15) is 0 Å². The van der Waals surface area contributed by atoms with E-state index in [2.05, 4.69) is 0 Å². The van der Waals surface area contributed by atoms with E-state index >= 15 is 0 Å². The Bertz CT molecular complexity index is 369. The molecule has 6 nitrogen and oxygen atoms in total. The van der Waals surface area contributed by atoms with Crippen molar-refractivity contribution in [3.05, 3.63) is 0 Å². The lowest BCUT2D eigenvalue weighted by Crippen LogP contribution is -2.47. The maximum Gasteiger partial charge on any atom is 0.429 e.